The molecule has 0 bridgehead atoms. The smallest absolute Gasteiger partial charge is 0.264 e. The fraction of sp³-hybridized carbons (Fsp3) is 0. The Morgan fingerprint density at radius 3 is 2.29 bits per heavy atom. The summed E-state index contributed by atoms with van der Waals surface area (Å²) in [6, 6.07) is 21.3. The summed E-state index contributed by atoms with van der Waals surface area (Å²) in [5.41, 5.74) is 5.63. The summed E-state index contributed by atoms with van der Waals surface area (Å²) in [4.78, 5) is 18.9. The molecule has 35 heavy (non-hydrogen) atoms. The Bertz CT molecular complexity index is 1910. The van der Waals surface area contributed by atoms with Crippen LogP contribution in [0.5, 0.6) is 0 Å². The Morgan fingerprint density at radius 2 is 1.60 bits per heavy atom. The summed E-state index contributed by atoms with van der Waals surface area (Å²) in [5, 5.41) is 3.79. The predicted molar refractivity (Wildman–Crippen MR) is 149 cm³/mol. The van der Waals surface area contributed by atoms with Crippen molar-refractivity contribution in [3.05, 3.63) is 124 Å². The van der Waals surface area contributed by atoms with Gasteiger partial charge in [-0.25, -0.2) is 4.98 Å². The number of hydrogen-bond donors (Lipinski definition) is 0. The third kappa shape index (κ3) is 3.13. The van der Waals surface area contributed by atoms with Crippen LogP contribution in [0.25, 0.3) is 54.9 Å². The molecule has 0 saturated heterocycles. The van der Waals surface area contributed by atoms with E-state index in [1.54, 1.807) is 34.8 Å². The molecule has 5 heteroatoms. The van der Waals surface area contributed by atoms with Crippen molar-refractivity contribution in [3.8, 4) is 11.1 Å². The molecule has 0 saturated carbocycles. The lowest BCUT2D eigenvalue weighted by molar-refractivity contribution is 1.19. The molecule has 0 aliphatic heterocycles. The van der Waals surface area contributed by atoms with Gasteiger partial charge in [0.05, 0.1) is 11.0 Å². The molecule has 0 atom stereocenters. The molecule has 0 spiro atoms. The Hall–Kier alpha value is -3.92. The van der Waals surface area contributed by atoms with Gasteiger partial charge in [-0.3, -0.25) is 9.20 Å². The third-order valence-corrected chi connectivity index (χ3v) is 7.05. The second kappa shape index (κ2) is 8.09. The molecular weight excluding hydrogens is 475 g/mol. The third-order valence-electron chi connectivity index (χ3n) is 6.42. The Balaban J connectivity index is 1.88. The van der Waals surface area contributed by atoms with Crippen LogP contribution in [0, 0.1) is 0 Å². The van der Waals surface area contributed by atoms with Crippen LogP contribution < -0.4 is 5.56 Å². The molecule has 168 valence electrons. The Morgan fingerprint density at radius 1 is 0.886 bits per heavy atom. The van der Waals surface area contributed by atoms with E-state index in [1.165, 1.54) is 0 Å². The lowest BCUT2D eigenvalue weighted by atomic mass is 9.97. The lowest BCUT2D eigenvalue weighted by Crippen LogP contribution is -2.13. The van der Waals surface area contributed by atoms with Gasteiger partial charge >= 0.3 is 0 Å². The number of rotatable bonds is 4. The number of halogens is 2. The molecule has 3 nitrogen and oxygen atoms in total. The van der Waals surface area contributed by atoms with Gasteiger partial charge in [0.1, 0.15) is 5.65 Å². The van der Waals surface area contributed by atoms with Crippen LogP contribution in [0.1, 0.15) is 5.56 Å². The van der Waals surface area contributed by atoms with Crippen molar-refractivity contribution in [2.45, 2.75) is 0 Å². The van der Waals surface area contributed by atoms with E-state index in [-0.39, 0.29) is 5.56 Å². The van der Waals surface area contributed by atoms with E-state index in [0.717, 1.165) is 38.6 Å². The van der Waals surface area contributed by atoms with Gasteiger partial charge in [0.15, 0.2) is 0 Å². The molecule has 0 N–H and O–H groups in total. The molecule has 6 rings (SSSR count). The van der Waals surface area contributed by atoms with Crippen molar-refractivity contribution in [2.24, 2.45) is 0 Å². The SMILES string of the molecule is C=C/C=C(\C=C)c1cc(-c2ccccc2)c2c(c1)nc1c3ccc(Cl)c4c(Cl)ccc(c(=O)n12)c43. The first-order chi connectivity index (χ1) is 17.0. The fourth-order valence-electron chi connectivity index (χ4n) is 4.90. The van der Waals surface area contributed by atoms with Gasteiger partial charge in [0, 0.05) is 37.2 Å². The highest BCUT2D eigenvalue weighted by atomic mass is 35.5. The summed E-state index contributed by atoms with van der Waals surface area (Å²) in [6.45, 7) is 7.79. The largest absolute Gasteiger partial charge is 0.268 e. The highest BCUT2D eigenvalue weighted by Gasteiger charge is 2.21. The molecular formula is C30H18Cl2N2O. The van der Waals surface area contributed by atoms with Gasteiger partial charge < -0.3 is 0 Å². The molecule has 4 aromatic carbocycles. The first-order valence-electron chi connectivity index (χ1n) is 11.1. The number of fused-ring (bicyclic) bond motifs is 4. The zero-order valence-corrected chi connectivity index (χ0v) is 20.1. The summed E-state index contributed by atoms with van der Waals surface area (Å²) in [5.74, 6) is 0. The first kappa shape index (κ1) is 21.6. The van der Waals surface area contributed by atoms with Crippen LogP contribution in [0.3, 0.4) is 0 Å². The molecule has 0 aliphatic carbocycles. The van der Waals surface area contributed by atoms with Gasteiger partial charge in [-0.15, -0.1) is 0 Å². The number of hydrogen-bond acceptors (Lipinski definition) is 2. The summed E-state index contributed by atoms with van der Waals surface area (Å²) >= 11 is 13.0. The lowest BCUT2D eigenvalue weighted by Gasteiger charge is -2.11. The average Bonchev–Trinajstić information content (AvgIpc) is 3.27. The van der Waals surface area contributed by atoms with Crippen molar-refractivity contribution in [1.29, 1.82) is 0 Å². The van der Waals surface area contributed by atoms with E-state index in [0.29, 0.717) is 32.0 Å². The quantitative estimate of drug-likeness (QED) is 0.232. The number of allylic oxidation sites excluding steroid dienone is 4. The van der Waals surface area contributed by atoms with Gasteiger partial charge in [-0.1, -0.05) is 84.9 Å². The van der Waals surface area contributed by atoms with E-state index in [2.05, 4.69) is 19.2 Å². The molecule has 0 amide bonds. The second-order valence-electron chi connectivity index (χ2n) is 8.34. The van der Waals surface area contributed by atoms with Crippen molar-refractivity contribution < 1.29 is 0 Å². The Kier molecular flexibility index (Phi) is 4.99. The van der Waals surface area contributed by atoms with Gasteiger partial charge in [-0.2, -0.15) is 0 Å². The minimum atomic E-state index is -0.158. The maximum atomic E-state index is 13.9. The molecule has 0 radical (unpaired) electrons. The average molecular weight is 493 g/mol. The van der Waals surface area contributed by atoms with Crippen LogP contribution in [0.4, 0.5) is 0 Å². The Labute approximate surface area is 211 Å². The second-order valence-corrected chi connectivity index (χ2v) is 9.15. The van der Waals surface area contributed by atoms with Crippen LogP contribution in [0.15, 0.2) is 103 Å². The molecule has 0 unspecified atom stereocenters. The molecule has 2 heterocycles. The van der Waals surface area contributed by atoms with Crippen LogP contribution in [-0.4, -0.2) is 9.38 Å². The molecule has 2 aromatic heterocycles. The van der Waals surface area contributed by atoms with E-state index in [9.17, 15) is 4.79 Å². The minimum absolute atomic E-state index is 0.158. The highest BCUT2D eigenvalue weighted by Crippen LogP contribution is 2.39. The number of pyridine rings is 1. The predicted octanol–water partition coefficient (Wildman–Crippen LogP) is 8.32. The molecule has 0 aliphatic rings. The minimum Gasteiger partial charge on any atom is -0.268 e. The maximum Gasteiger partial charge on any atom is 0.264 e. The van der Waals surface area contributed by atoms with Crippen LogP contribution in [0.2, 0.25) is 10.0 Å². The number of imidazole rings is 1. The molecule has 6 aromatic rings. The fourth-order valence-corrected chi connectivity index (χ4v) is 5.47. The zero-order valence-electron chi connectivity index (χ0n) is 18.6. The van der Waals surface area contributed by atoms with E-state index in [4.69, 9.17) is 28.2 Å². The van der Waals surface area contributed by atoms with Crippen molar-refractivity contribution in [2.75, 3.05) is 0 Å². The maximum absolute atomic E-state index is 13.9. The van der Waals surface area contributed by atoms with Crippen molar-refractivity contribution >= 4 is 67.0 Å². The normalized spacial score (nSPS) is 12.2. The monoisotopic (exact) mass is 492 g/mol. The first-order valence-corrected chi connectivity index (χ1v) is 11.8. The topological polar surface area (TPSA) is 34.4 Å². The highest BCUT2D eigenvalue weighted by molar-refractivity contribution is 6.44. The van der Waals surface area contributed by atoms with E-state index >= 15 is 0 Å². The summed E-state index contributed by atoms with van der Waals surface area (Å²) in [7, 11) is 0. The number of aromatic nitrogens is 2. The van der Waals surface area contributed by atoms with Crippen molar-refractivity contribution in [3.63, 3.8) is 0 Å². The van der Waals surface area contributed by atoms with Gasteiger partial charge in [-0.05, 0) is 53.1 Å². The van der Waals surface area contributed by atoms with E-state index < -0.39 is 0 Å². The van der Waals surface area contributed by atoms with Crippen LogP contribution in [-0.2, 0) is 0 Å². The van der Waals surface area contributed by atoms with E-state index in [1.807, 2.05) is 48.5 Å². The summed E-state index contributed by atoms with van der Waals surface area (Å²) < 4.78 is 1.71. The summed E-state index contributed by atoms with van der Waals surface area (Å²) in [6.07, 6.45) is 5.43. The van der Waals surface area contributed by atoms with Crippen molar-refractivity contribution in [1.82, 2.24) is 9.38 Å². The van der Waals surface area contributed by atoms with Gasteiger partial charge in [0.2, 0.25) is 0 Å². The zero-order chi connectivity index (χ0) is 24.3. The standard InChI is InChI=1S/C30H18Cl2N2O/c1-3-8-17(4-2)19-15-22(18-9-6-5-7-10-18)28-25(16-19)33-29-20-11-13-23(31)27-24(32)14-12-21(26(20)27)30(35)34(28)29/h3-16H,1-2H2/b17-8+. The number of benzene rings is 4. The van der Waals surface area contributed by atoms with Crippen LogP contribution >= 0.6 is 23.2 Å². The van der Waals surface area contributed by atoms with Gasteiger partial charge in [0.25, 0.3) is 5.56 Å². The molecule has 0 fully saturated rings. The number of nitrogens with zero attached hydrogens (tertiary/aromatic N) is 2.